The topological polar surface area (TPSA) is 50.4 Å². The minimum Gasteiger partial charge on any atom is -0.493 e. The molecule has 1 aliphatic rings. The Morgan fingerprint density at radius 1 is 1.08 bits per heavy atom. The van der Waals surface area contributed by atoms with Crippen LogP contribution >= 0.6 is 0 Å². The summed E-state index contributed by atoms with van der Waals surface area (Å²) in [5.74, 6) is 0.866. The summed E-state index contributed by atoms with van der Waals surface area (Å²) in [6, 6.07) is 14.4. The van der Waals surface area contributed by atoms with Gasteiger partial charge in [-0.2, -0.15) is 0 Å². The lowest BCUT2D eigenvalue weighted by molar-refractivity contribution is -0.122. The molecule has 3 rings (SSSR count). The quantitative estimate of drug-likeness (QED) is 0.852. The number of fused-ring (bicyclic) bond motifs is 1. The van der Waals surface area contributed by atoms with Crippen LogP contribution in [0.2, 0.25) is 0 Å². The van der Waals surface area contributed by atoms with Crippen molar-refractivity contribution in [3.05, 3.63) is 42.5 Å². The van der Waals surface area contributed by atoms with Gasteiger partial charge < -0.3 is 15.4 Å². The Morgan fingerprint density at radius 3 is 2.42 bits per heavy atom. The van der Waals surface area contributed by atoms with Gasteiger partial charge in [0.1, 0.15) is 5.75 Å². The highest BCUT2D eigenvalue weighted by Crippen LogP contribution is 2.28. The number of rotatable bonds is 5. The first-order valence-electron chi connectivity index (χ1n) is 9.43. The Hall–Kier alpha value is -2.07. The number of ether oxygens (including phenoxy) is 1. The molecule has 0 atom stereocenters. The van der Waals surface area contributed by atoms with E-state index in [1.165, 1.54) is 5.39 Å². The summed E-state index contributed by atoms with van der Waals surface area (Å²) in [6.45, 7) is 9.15. The largest absolute Gasteiger partial charge is 0.493 e. The molecule has 2 aromatic carbocycles. The van der Waals surface area contributed by atoms with E-state index in [0.29, 0.717) is 13.0 Å². The van der Waals surface area contributed by atoms with Gasteiger partial charge in [-0.3, -0.25) is 4.79 Å². The number of piperidine rings is 1. The molecule has 0 bridgehead atoms. The zero-order chi connectivity index (χ0) is 18.8. The minimum atomic E-state index is 0.0291. The molecule has 1 fully saturated rings. The minimum absolute atomic E-state index is 0.0291. The van der Waals surface area contributed by atoms with E-state index in [1.54, 1.807) is 0 Å². The molecule has 0 spiro atoms. The zero-order valence-corrected chi connectivity index (χ0v) is 16.3. The van der Waals surface area contributed by atoms with Crippen molar-refractivity contribution in [3.8, 4) is 5.75 Å². The van der Waals surface area contributed by atoms with Crippen molar-refractivity contribution in [2.75, 3.05) is 6.61 Å². The molecule has 1 aliphatic heterocycles. The Balaban J connectivity index is 1.49. The van der Waals surface area contributed by atoms with E-state index in [1.807, 2.05) is 30.3 Å². The van der Waals surface area contributed by atoms with E-state index in [2.05, 4.69) is 50.5 Å². The molecule has 1 amide bonds. The van der Waals surface area contributed by atoms with Gasteiger partial charge in [-0.1, -0.05) is 30.3 Å². The molecule has 1 heterocycles. The molecule has 1 saturated heterocycles. The van der Waals surface area contributed by atoms with E-state index >= 15 is 0 Å². The SMILES string of the molecule is CC1(C)CC(NC(=O)CCOc2ccc3ccccc3c2)CC(C)(C)N1. The van der Waals surface area contributed by atoms with Gasteiger partial charge in [0.2, 0.25) is 5.91 Å². The smallest absolute Gasteiger partial charge is 0.223 e. The van der Waals surface area contributed by atoms with Crippen LogP contribution in [0.4, 0.5) is 0 Å². The zero-order valence-electron chi connectivity index (χ0n) is 16.3. The molecule has 0 aromatic heterocycles. The predicted molar refractivity (Wildman–Crippen MR) is 107 cm³/mol. The summed E-state index contributed by atoms with van der Waals surface area (Å²) in [4.78, 5) is 12.3. The van der Waals surface area contributed by atoms with Crippen molar-refractivity contribution in [2.45, 2.75) is 64.1 Å². The number of carbonyl (C=O) groups excluding carboxylic acids is 1. The first-order chi connectivity index (χ1) is 12.2. The fourth-order valence-electron chi connectivity index (χ4n) is 4.24. The second-order valence-corrected chi connectivity index (χ2v) is 8.67. The van der Waals surface area contributed by atoms with Gasteiger partial charge in [0.15, 0.2) is 0 Å². The Bertz CT molecular complexity index is 767. The average molecular weight is 354 g/mol. The molecule has 4 heteroatoms. The van der Waals surface area contributed by atoms with Crippen molar-refractivity contribution in [2.24, 2.45) is 0 Å². The van der Waals surface area contributed by atoms with Gasteiger partial charge >= 0.3 is 0 Å². The van der Waals surface area contributed by atoms with Crippen molar-refractivity contribution in [3.63, 3.8) is 0 Å². The standard InChI is InChI=1S/C22H30N2O2/c1-21(2)14-18(15-22(3,4)24-21)23-20(25)11-12-26-19-10-9-16-7-5-6-8-17(16)13-19/h5-10,13,18,24H,11-12,14-15H2,1-4H3,(H,23,25). The van der Waals surface area contributed by atoms with Crippen LogP contribution in [0.5, 0.6) is 5.75 Å². The number of hydrogen-bond acceptors (Lipinski definition) is 3. The van der Waals surface area contributed by atoms with Crippen LogP contribution in [0, 0.1) is 0 Å². The van der Waals surface area contributed by atoms with E-state index in [0.717, 1.165) is 24.0 Å². The number of benzene rings is 2. The van der Waals surface area contributed by atoms with Crippen LogP contribution in [0.3, 0.4) is 0 Å². The van der Waals surface area contributed by atoms with E-state index in [-0.39, 0.29) is 23.0 Å². The predicted octanol–water partition coefficient (Wildman–Crippen LogP) is 4.03. The molecule has 2 aromatic rings. The third kappa shape index (κ3) is 4.98. The third-order valence-corrected chi connectivity index (χ3v) is 4.87. The molecule has 4 nitrogen and oxygen atoms in total. The van der Waals surface area contributed by atoms with Crippen molar-refractivity contribution < 1.29 is 9.53 Å². The molecule has 26 heavy (non-hydrogen) atoms. The summed E-state index contributed by atoms with van der Waals surface area (Å²) in [6.07, 6.45) is 2.25. The van der Waals surface area contributed by atoms with Gasteiger partial charge in [-0.05, 0) is 63.4 Å². The van der Waals surface area contributed by atoms with Crippen LogP contribution in [0.25, 0.3) is 10.8 Å². The van der Waals surface area contributed by atoms with Crippen molar-refractivity contribution in [1.29, 1.82) is 0 Å². The summed E-state index contributed by atoms with van der Waals surface area (Å²) in [5.41, 5.74) is 0.0581. The molecule has 0 aliphatic carbocycles. The Kier molecular flexibility index (Phi) is 5.24. The number of amides is 1. The number of hydrogen-bond donors (Lipinski definition) is 2. The van der Waals surface area contributed by atoms with Gasteiger partial charge in [0.25, 0.3) is 0 Å². The van der Waals surface area contributed by atoms with Crippen LogP contribution in [0.15, 0.2) is 42.5 Å². The molecular formula is C22H30N2O2. The summed E-state index contributed by atoms with van der Waals surface area (Å²) >= 11 is 0. The third-order valence-electron chi connectivity index (χ3n) is 4.87. The first-order valence-corrected chi connectivity index (χ1v) is 9.43. The highest BCUT2D eigenvalue weighted by molar-refractivity contribution is 5.83. The lowest BCUT2D eigenvalue weighted by Gasteiger charge is -2.46. The van der Waals surface area contributed by atoms with Crippen LogP contribution in [-0.4, -0.2) is 29.6 Å². The van der Waals surface area contributed by atoms with Gasteiger partial charge in [-0.25, -0.2) is 0 Å². The lowest BCUT2D eigenvalue weighted by atomic mass is 9.79. The number of nitrogens with one attached hydrogen (secondary N) is 2. The van der Waals surface area contributed by atoms with Crippen molar-refractivity contribution in [1.82, 2.24) is 10.6 Å². The Labute approximate surface area is 156 Å². The summed E-state index contributed by atoms with van der Waals surface area (Å²) in [7, 11) is 0. The fourth-order valence-corrected chi connectivity index (χ4v) is 4.24. The van der Waals surface area contributed by atoms with Crippen molar-refractivity contribution >= 4 is 16.7 Å². The normalized spacial score (nSPS) is 19.2. The Morgan fingerprint density at radius 2 is 1.73 bits per heavy atom. The maximum absolute atomic E-state index is 12.3. The fraction of sp³-hybridized carbons (Fsp3) is 0.500. The second-order valence-electron chi connectivity index (χ2n) is 8.67. The van der Waals surface area contributed by atoms with E-state index in [9.17, 15) is 4.79 Å². The van der Waals surface area contributed by atoms with Crippen LogP contribution < -0.4 is 15.4 Å². The molecule has 0 radical (unpaired) electrons. The van der Waals surface area contributed by atoms with E-state index in [4.69, 9.17) is 4.74 Å². The van der Waals surface area contributed by atoms with Crippen LogP contribution in [-0.2, 0) is 4.79 Å². The monoisotopic (exact) mass is 354 g/mol. The second kappa shape index (κ2) is 7.28. The molecule has 0 saturated carbocycles. The van der Waals surface area contributed by atoms with Gasteiger partial charge in [-0.15, -0.1) is 0 Å². The lowest BCUT2D eigenvalue weighted by Crippen LogP contribution is -2.62. The number of carbonyl (C=O) groups is 1. The van der Waals surface area contributed by atoms with Crippen LogP contribution in [0.1, 0.15) is 47.0 Å². The molecular weight excluding hydrogens is 324 g/mol. The van der Waals surface area contributed by atoms with Gasteiger partial charge in [0, 0.05) is 17.1 Å². The maximum Gasteiger partial charge on any atom is 0.223 e. The highest BCUT2D eigenvalue weighted by Gasteiger charge is 2.38. The molecule has 0 unspecified atom stereocenters. The summed E-state index contributed by atoms with van der Waals surface area (Å²) in [5, 5.41) is 9.16. The van der Waals surface area contributed by atoms with Gasteiger partial charge in [0.05, 0.1) is 13.0 Å². The summed E-state index contributed by atoms with van der Waals surface area (Å²) < 4.78 is 5.78. The molecule has 2 N–H and O–H groups in total. The van der Waals surface area contributed by atoms with E-state index < -0.39 is 0 Å². The maximum atomic E-state index is 12.3. The highest BCUT2D eigenvalue weighted by atomic mass is 16.5. The average Bonchev–Trinajstić information content (AvgIpc) is 2.51. The molecule has 140 valence electrons. The first kappa shape index (κ1) is 18.7.